The minimum absolute atomic E-state index is 0.257. The van der Waals surface area contributed by atoms with Gasteiger partial charge >= 0.3 is 6.18 Å². The number of anilines is 1. The van der Waals surface area contributed by atoms with Crippen LogP contribution in [0.1, 0.15) is 17.5 Å². The summed E-state index contributed by atoms with van der Waals surface area (Å²) in [5.74, 6) is -2.39. The van der Waals surface area contributed by atoms with Gasteiger partial charge in [-0.25, -0.2) is 4.39 Å². The molecule has 0 fully saturated rings. The number of rotatable bonds is 6. The van der Waals surface area contributed by atoms with Gasteiger partial charge in [0.25, 0.3) is 5.91 Å². The summed E-state index contributed by atoms with van der Waals surface area (Å²) in [7, 11) is 0. The van der Waals surface area contributed by atoms with E-state index in [0.717, 1.165) is 17.1 Å². The Bertz CT molecular complexity index is 1080. The molecule has 7 nitrogen and oxygen atoms in total. The molecule has 0 saturated heterocycles. The quantitative estimate of drug-likeness (QED) is 0.688. The Labute approximate surface area is 180 Å². The van der Waals surface area contributed by atoms with Gasteiger partial charge in [0.15, 0.2) is 0 Å². The van der Waals surface area contributed by atoms with Crippen molar-refractivity contribution < 1.29 is 27.2 Å². The van der Waals surface area contributed by atoms with E-state index >= 15 is 0 Å². The summed E-state index contributed by atoms with van der Waals surface area (Å²) in [5, 5.41) is 14.0. The van der Waals surface area contributed by atoms with E-state index in [9.17, 15) is 27.2 Å². The van der Waals surface area contributed by atoms with Gasteiger partial charge in [0, 0.05) is 13.0 Å². The van der Waals surface area contributed by atoms with Crippen LogP contribution in [0.2, 0.25) is 0 Å². The Hall–Kier alpha value is -3.94. The zero-order valence-corrected chi connectivity index (χ0v) is 16.5. The third-order valence-corrected chi connectivity index (χ3v) is 4.69. The lowest BCUT2D eigenvalue weighted by atomic mass is 10.1. The Morgan fingerprint density at radius 1 is 1.16 bits per heavy atom. The molecule has 2 aromatic rings. The van der Waals surface area contributed by atoms with Gasteiger partial charge in [-0.05, 0) is 42.0 Å². The molecule has 1 unspecified atom stereocenters. The number of hydrogen-bond donors (Lipinski definition) is 1. The van der Waals surface area contributed by atoms with Crippen LogP contribution in [0.15, 0.2) is 53.6 Å². The van der Waals surface area contributed by atoms with Crippen LogP contribution in [0.25, 0.3) is 0 Å². The maximum absolute atomic E-state index is 13.2. The number of alkyl halides is 3. The summed E-state index contributed by atoms with van der Waals surface area (Å²) in [6.07, 6.45) is -4.98. The van der Waals surface area contributed by atoms with Crippen LogP contribution in [0.3, 0.4) is 0 Å². The molecule has 1 atom stereocenters. The van der Waals surface area contributed by atoms with E-state index in [0.29, 0.717) is 16.0 Å². The highest BCUT2D eigenvalue weighted by atomic mass is 19.4. The first-order valence-electron chi connectivity index (χ1n) is 9.34. The molecule has 0 aliphatic carbocycles. The normalized spacial score (nSPS) is 15.8. The van der Waals surface area contributed by atoms with Crippen molar-refractivity contribution >= 4 is 23.2 Å². The third kappa shape index (κ3) is 5.40. The summed E-state index contributed by atoms with van der Waals surface area (Å²) in [6.45, 7) is -1.93. The molecule has 1 aliphatic rings. The molecule has 0 saturated carbocycles. The van der Waals surface area contributed by atoms with Crippen LogP contribution in [-0.4, -0.2) is 41.2 Å². The molecule has 0 aromatic heterocycles. The predicted octanol–water partition coefficient (Wildman–Crippen LogP) is 2.71. The number of halogens is 4. The highest BCUT2D eigenvalue weighted by molar-refractivity contribution is 6.40. The summed E-state index contributed by atoms with van der Waals surface area (Å²) in [6, 6.07) is 11.4. The van der Waals surface area contributed by atoms with Gasteiger partial charge in [0.1, 0.15) is 24.1 Å². The number of carbonyl (C=O) groups is 2. The summed E-state index contributed by atoms with van der Waals surface area (Å²) in [4.78, 5) is 25.4. The molecule has 0 bridgehead atoms. The van der Waals surface area contributed by atoms with Crippen molar-refractivity contribution in [2.75, 3.05) is 11.6 Å². The second kappa shape index (κ2) is 9.05. The molecule has 1 aliphatic heterocycles. The number of carbonyl (C=O) groups excluding carboxylic acids is 2. The van der Waals surface area contributed by atoms with Crippen LogP contribution >= 0.6 is 0 Å². The Morgan fingerprint density at radius 2 is 1.78 bits per heavy atom. The number of nitrogens with zero attached hydrogens (tertiary/aromatic N) is 4. The van der Waals surface area contributed by atoms with E-state index < -0.39 is 36.4 Å². The summed E-state index contributed by atoms with van der Waals surface area (Å²) < 4.78 is 52.7. The van der Waals surface area contributed by atoms with Gasteiger partial charge in [0.2, 0.25) is 5.91 Å². The van der Waals surface area contributed by atoms with Crippen molar-refractivity contribution in [1.29, 1.82) is 5.26 Å². The monoisotopic (exact) mass is 447 g/mol. The average Bonchev–Trinajstić information content (AvgIpc) is 3.18. The topological polar surface area (TPSA) is 103 Å². The molecule has 166 valence electrons. The minimum Gasteiger partial charge on any atom is -0.368 e. The van der Waals surface area contributed by atoms with Crippen molar-refractivity contribution in [2.45, 2.75) is 25.2 Å². The van der Waals surface area contributed by atoms with E-state index in [1.54, 1.807) is 0 Å². The molecule has 2 amide bonds. The molecular formula is C21H17F4N5O2. The lowest BCUT2D eigenvalue weighted by Crippen LogP contribution is -2.43. The zero-order valence-electron chi connectivity index (χ0n) is 16.5. The van der Waals surface area contributed by atoms with Crippen molar-refractivity contribution in [1.82, 2.24) is 4.90 Å². The van der Waals surface area contributed by atoms with Crippen LogP contribution in [0, 0.1) is 17.1 Å². The van der Waals surface area contributed by atoms with Crippen LogP contribution in [0.4, 0.5) is 23.2 Å². The van der Waals surface area contributed by atoms with E-state index in [4.69, 9.17) is 11.0 Å². The largest absolute Gasteiger partial charge is 0.406 e. The van der Waals surface area contributed by atoms with E-state index in [1.807, 2.05) is 6.07 Å². The Balaban J connectivity index is 1.89. The lowest BCUT2D eigenvalue weighted by molar-refractivity contribution is -0.158. The van der Waals surface area contributed by atoms with Gasteiger partial charge in [-0.3, -0.25) is 14.6 Å². The number of nitrogens with two attached hydrogens (primary N) is 1. The Kier molecular flexibility index (Phi) is 6.43. The highest BCUT2D eigenvalue weighted by Crippen LogP contribution is 2.27. The first-order valence-corrected chi connectivity index (χ1v) is 9.34. The van der Waals surface area contributed by atoms with Gasteiger partial charge in [-0.15, -0.1) is 0 Å². The molecule has 1 heterocycles. The van der Waals surface area contributed by atoms with E-state index in [1.165, 1.54) is 36.4 Å². The number of amides is 2. The maximum Gasteiger partial charge on any atom is 0.406 e. The SMILES string of the molecule is N#Cc1ccc(CN(CC(F)(F)F)C(=O)C2=NN(c3ccc(F)cc3)C(C(N)=O)C2)cc1. The molecule has 3 rings (SSSR count). The fourth-order valence-corrected chi connectivity index (χ4v) is 3.20. The molecule has 0 spiro atoms. The maximum atomic E-state index is 13.2. The van der Waals surface area contributed by atoms with E-state index in [-0.39, 0.29) is 24.4 Å². The van der Waals surface area contributed by atoms with Gasteiger partial charge < -0.3 is 10.6 Å². The molecular weight excluding hydrogens is 430 g/mol. The first-order chi connectivity index (χ1) is 15.1. The second-order valence-electron chi connectivity index (χ2n) is 7.08. The van der Waals surface area contributed by atoms with Gasteiger partial charge in [-0.1, -0.05) is 12.1 Å². The van der Waals surface area contributed by atoms with E-state index in [2.05, 4.69) is 5.10 Å². The summed E-state index contributed by atoms with van der Waals surface area (Å²) in [5.41, 5.74) is 6.06. The fourth-order valence-electron chi connectivity index (χ4n) is 3.20. The highest BCUT2D eigenvalue weighted by Gasteiger charge is 2.39. The predicted molar refractivity (Wildman–Crippen MR) is 107 cm³/mol. The third-order valence-electron chi connectivity index (χ3n) is 4.69. The van der Waals surface area contributed by atoms with Crippen molar-refractivity contribution in [3.8, 4) is 6.07 Å². The van der Waals surface area contributed by atoms with Crippen molar-refractivity contribution in [2.24, 2.45) is 10.8 Å². The number of benzene rings is 2. The van der Waals surface area contributed by atoms with Crippen LogP contribution in [0.5, 0.6) is 0 Å². The Morgan fingerprint density at radius 3 is 2.31 bits per heavy atom. The number of hydrogen-bond acceptors (Lipinski definition) is 5. The minimum atomic E-state index is -4.68. The number of nitriles is 1. The fraction of sp³-hybridized carbons (Fsp3) is 0.238. The standard InChI is InChI=1S/C21H17F4N5O2/c22-15-5-7-16(8-6-15)30-18(19(27)31)9-17(28-30)20(32)29(12-21(23,24)25)11-14-3-1-13(10-26)2-4-14/h1-8,18H,9,11-12H2,(H2,27,31). The van der Waals surface area contributed by atoms with Crippen LogP contribution < -0.4 is 10.7 Å². The lowest BCUT2D eigenvalue weighted by Gasteiger charge is -2.24. The molecule has 0 radical (unpaired) electrons. The van der Waals surface area contributed by atoms with Crippen molar-refractivity contribution in [3.63, 3.8) is 0 Å². The second-order valence-corrected chi connectivity index (χ2v) is 7.08. The van der Waals surface area contributed by atoms with Crippen molar-refractivity contribution in [3.05, 3.63) is 65.5 Å². The van der Waals surface area contributed by atoms with Gasteiger partial charge in [-0.2, -0.15) is 23.5 Å². The number of primary amides is 1. The zero-order chi connectivity index (χ0) is 23.5. The molecule has 32 heavy (non-hydrogen) atoms. The first kappa shape index (κ1) is 22.7. The number of hydrazone groups is 1. The average molecular weight is 447 g/mol. The molecule has 2 aromatic carbocycles. The van der Waals surface area contributed by atoms with Gasteiger partial charge in [0.05, 0.1) is 17.3 Å². The molecule has 2 N–H and O–H groups in total. The smallest absolute Gasteiger partial charge is 0.368 e. The molecule has 11 heteroatoms. The van der Waals surface area contributed by atoms with Crippen LogP contribution in [-0.2, 0) is 16.1 Å². The summed E-state index contributed by atoms with van der Waals surface area (Å²) >= 11 is 0.